The summed E-state index contributed by atoms with van der Waals surface area (Å²) in [7, 11) is 3.19. The van der Waals surface area contributed by atoms with Crippen molar-refractivity contribution < 1.29 is 14.3 Å². The molecule has 2 N–H and O–H groups in total. The Morgan fingerprint density at radius 1 is 1.08 bits per heavy atom. The van der Waals surface area contributed by atoms with Gasteiger partial charge < -0.3 is 14.8 Å². The number of rotatable bonds is 3. The van der Waals surface area contributed by atoms with Crippen LogP contribution < -0.4 is 20.2 Å². The van der Waals surface area contributed by atoms with Crippen LogP contribution in [0.1, 0.15) is 17.5 Å². The van der Waals surface area contributed by atoms with Gasteiger partial charge in [-0.2, -0.15) is 5.10 Å². The molecule has 2 aliphatic heterocycles. The minimum Gasteiger partial charge on any atom is -0.493 e. The van der Waals surface area contributed by atoms with Gasteiger partial charge in [-0.3, -0.25) is 10.2 Å². The number of benzene rings is 2. The number of para-hydroxylation sites is 1. The van der Waals surface area contributed by atoms with Crippen molar-refractivity contribution in [1.82, 2.24) is 5.43 Å². The SMILES string of the molecule is COc1ccc(C2=NNC3(C2)C(=O)Nc2ccccc23)cc1OC. The summed E-state index contributed by atoms with van der Waals surface area (Å²) in [5.74, 6) is 1.21. The summed E-state index contributed by atoms with van der Waals surface area (Å²) in [6, 6.07) is 13.3. The van der Waals surface area contributed by atoms with Crippen molar-refractivity contribution in [3.63, 3.8) is 0 Å². The van der Waals surface area contributed by atoms with Crippen molar-refractivity contribution in [2.45, 2.75) is 12.0 Å². The molecule has 0 aromatic heterocycles. The quantitative estimate of drug-likeness (QED) is 0.909. The van der Waals surface area contributed by atoms with Gasteiger partial charge in [0.2, 0.25) is 0 Å². The maximum atomic E-state index is 12.6. The zero-order valence-corrected chi connectivity index (χ0v) is 13.4. The largest absolute Gasteiger partial charge is 0.493 e. The van der Waals surface area contributed by atoms with E-state index < -0.39 is 5.54 Å². The summed E-state index contributed by atoms with van der Waals surface area (Å²) in [5, 5.41) is 7.35. The van der Waals surface area contributed by atoms with Crippen LogP contribution in [0.15, 0.2) is 47.6 Å². The first-order valence-corrected chi connectivity index (χ1v) is 7.65. The van der Waals surface area contributed by atoms with Gasteiger partial charge in [0.1, 0.15) is 0 Å². The Bertz CT molecular complexity index is 862. The lowest BCUT2D eigenvalue weighted by Gasteiger charge is -2.20. The number of nitrogens with zero attached hydrogens (tertiary/aromatic N) is 1. The highest BCUT2D eigenvalue weighted by Crippen LogP contribution is 2.42. The molecule has 1 spiro atoms. The van der Waals surface area contributed by atoms with Crippen molar-refractivity contribution in [2.24, 2.45) is 5.10 Å². The van der Waals surface area contributed by atoms with Crippen LogP contribution in [0.4, 0.5) is 5.69 Å². The number of carbonyl (C=O) groups is 1. The van der Waals surface area contributed by atoms with Gasteiger partial charge in [-0.25, -0.2) is 0 Å². The highest BCUT2D eigenvalue weighted by Gasteiger charge is 2.50. The van der Waals surface area contributed by atoms with Crippen molar-refractivity contribution in [3.05, 3.63) is 53.6 Å². The Morgan fingerprint density at radius 2 is 1.88 bits per heavy atom. The van der Waals surface area contributed by atoms with Gasteiger partial charge >= 0.3 is 0 Å². The summed E-state index contributed by atoms with van der Waals surface area (Å²) in [5.41, 5.74) is 5.69. The lowest BCUT2D eigenvalue weighted by Crippen LogP contribution is -2.42. The average Bonchev–Trinajstić information content (AvgIpc) is 3.18. The van der Waals surface area contributed by atoms with E-state index in [1.807, 2.05) is 42.5 Å². The normalized spacial score (nSPS) is 21.1. The monoisotopic (exact) mass is 323 g/mol. The molecule has 6 heteroatoms. The molecule has 0 saturated carbocycles. The fourth-order valence-electron chi connectivity index (χ4n) is 3.28. The van der Waals surface area contributed by atoms with E-state index in [1.165, 1.54) is 0 Å². The second-order valence-electron chi connectivity index (χ2n) is 5.82. The van der Waals surface area contributed by atoms with Crippen LogP contribution in [0.2, 0.25) is 0 Å². The number of carbonyl (C=O) groups excluding carboxylic acids is 1. The van der Waals surface area contributed by atoms with Gasteiger partial charge in [-0.1, -0.05) is 18.2 Å². The molecule has 6 nitrogen and oxygen atoms in total. The number of ether oxygens (including phenoxy) is 2. The predicted molar refractivity (Wildman–Crippen MR) is 90.6 cm³/mol. The van der Waals surface area contributed by atoms with E-state index in [-0.39, 0.29) is 5.91 Å². The van der Waals surface area contributed by atoms with Gasteiger partial charge in [-0.05, 0) is 24.3 Å². The first kappa shape index (κ1) is 14.6. The third-order valence-electron chi connectivity index (χ3n) is 4.55. The molecule has 2 heterocycles. The van der Waals surface area contributed by atoms with E-state index in [0.717, 1.165) is 22.5 Å². The minimum absolute atomic E-state index is 0.0806. The van der Waals surface area contributed by atoms with E-state index in [4.69, 9.17) is 9.47 Å². The molecular formula is C18H17N3O3. The van der Waals surface area contributed by atoms with Crippen LogP contribution in [0.3, 0.4) is 0 Å². The Kier molecular flexibility index (Phi) is 3.19. The van der Waals surface area contributed by atoms with Crippen LogP contribution in [0.25, 0.3) is 0 Å². The molecule has 1 amide bonds. The van der Waals surface area contributed by atoms with Gasteiger partial charge in [0, 0.05) is 23.2 Å². The van der Waals surface area contributed by atoms with Crippen LogP contribution in [-0.4, -0.2) is 25.8 Å². The van der Waals surface area contributed by atoms with Crippen molar-refractivity contribution in [3.8, 4) is 11.5 Å². The minimum atomic E-state index is -0.834. The molecule has 2 aromatic carbocycles. The summed E-state index contributed by atoms with van der Waals surface area (Å²) in [6.07, 6.45) is 0.478. The standard InChI is InChI=1S/C18H17N3O3/c1-23-15-8-7-11(9-16(15)24-2)14-10-18(21-20-14)12-5-3-4-6-13(12)19-17(18)22/h3-9,21H,10H2,1-2H3,(H,19,22). The molecule has 2 aliphatic rings. The summed E-state index contributed by atoms with van der Waals surface area (Å²) < 4.78 is 10.6. The van der Waals surface area contributed by atoms with Gasteiger partial charge in [0.15, 0.2) is 17.0 Å². The number of nitrogens with one attached hydrogen (secondary N) is 2. The summed E-state index contributed by atoms with van der Waals surface area (Å²) in [4.78, 5) is 12.6. The Morgan fingerprint density at radius 3 is 2.67 bits per heavy atom. The number of methoxy groups -OCH3 is 2. The number of fused-ring (bicyclic) bond motifs is 2. The zero-order chi connectivity index (χ0) is 16.7. The van der Waals surface area contributed by atoms with Crippen molar-refractivity contribution >= 4 is 17.3 Å². The van der Waals surface area contributed by atoms with Crippen molar-refractivity contribution in [1.29, 1.82) is 0 Å². The third kappa shape index (κ3) is 1.96. The molecular weight excluding hydrogens is 306 g/mol. The Hall–Kier alpha value is -3.02. The van der Waals surface area contributed by atoms with Gasteiger partial charge in [-0.15, -0.1) is 0 Å². The Labute approximate surface area is 139 Å². The fourth-order valence-corrected chi connectivity index (χ4v) is 3.28. The Balaban J connectivity index is 1.69. The van der Waals surface area contributed by atoms with E-state index in [9.17, 15) is 4.79 Å². The fraction of sp³-hybridized carbons (Fsp3) is 0.222. The maximum Gasteiger partial charge on any atom is 0.256 e. The van der Waals surface area contributed by atoms with Crippen LogP contribution in [0.5, 0.6) is 11.5 Å². The molecule has 0 saturated heterocycles. The van der Waals surface area contributed by atoms with Gasteiger partial charge in [0.05, 0.1) is 19.9 Å². The highest BCUT2D eigenvalue weighted by atomic mass is 16.5. The maximum absolute atomic E-state index is 12.6. The number of hydrogen-bond acceptors (Lipinski definition) is 5. The second-order valence-corrected chi connectivity index (χ2v) is 5.82. The van der Waals surface area contributed by atoms with E-state index in [2.05, 4.69) is 15.8 Å². The number of amides is 1. The average molecular weight is 323 g/mol. The molecule has 4 rings (SSSR count). The number of hydrazone groups is 1. The van der Waals surface area contributed by atoms with E-state index >= 15 is 0 Å². The molecule has 1 atom stereocenters. The molecule has 2 aromatic rings. The smallest absolute Gasteiger partial charge is 0.256 e. The van der Waals surface area contributed by atoms with E-state index in [0.29, 0.717) is 17.9 Å². The van der Waals surface area contributed by atoms with E-state index in [1.54, 1.807) is 14.2 Å². The molecule has 0 fully saturated rings. The van der Waals surface area contributed by atoms with Crippen LogP contribution >= 0.6 is 0 Å². The summed E-state index contributed by atoms with van der Waals surface area (Å²) in [6.45, 7) is 0. The molecule has 122 valence electrons. The second kappa shape index (κ2) is 5.26. The predicted octanol–water partition coefficient (Wildman–Crippen LogP) is 2.25. The van der Waals surface area contributed by atoms with Crippen LogP contribution in [-0.2, 0) is 10.3 Å². The molecule has 24 heavy (non-hydrogen) atoms. The number of anilines is 1. The molecule has 1 unspecified atom stereocenters. The lowest BCUT2D eigenvalue weighted by atomic mass is 9.86. The third-order valence-corrected chi connectivity index (χ3v) is 4.55. The van der Waals surface area contributed by atoms with Crippen LogP contribution in [0, 0.1) is 0 Å². The number of hydrogen-bond donors (Lipinski definition) is 2. The highest BCUT2D eigenvalue weighted by molar-refractivity contribution is 6.13. The summed E-state index contributed by atoms with van der Waals surface area (Å²) >= 11 is 0. The zero-order valence-electron chi connectivity index (χ0n) is 13.4. The molecule has 0 bridgehead atoms. The molecule has 0 aliphatic carbocycles. The lowest BCUT2D eigenvalue weighted by molar-refractivity contribution is -0.121. The van der Waals surface area contributed by atoms with Gasteiger partial charge in [0.25, 0.3) is 5.91 Å². The topological polar surface area (TPSA) is 72.0 Å². The molecule has 0 radical (unpaired) electrons. The first-order chi connectivity index (χ1) is 11.7. The van der Waals surface area contributed by atoms with Crippen molar-refractivity contribution in [2.75, 3.05) is 19.5 Å². The first-order valence-electron chi connectivity index (χ1n) is 7.65.